The van der Waals surface area contributed by atoms with E-state index in [1.165, 1.54) is 36.8 Å². The molecule has 0 aliphatic heterocycles. The number of nitrogens with zero attached hydrogens (tertiary/aromatic N) is 1. The van der Waals surface area contributed by atoms with Gasteiger partial charge in [-0.1, -0.05) is 29.9 Å². The molecule has 1 aliphatic carbocycles. The first-order valence-corrected chi connectivity index (χ1v) is 6.76. The Kier molecular flexibility index (Phi) is 2.79. The van der Waals surface area contributed by atoms with Crippen LogP contribution >= 0.6 is 11.3 Å². The zero-order valence-corrected chi connectivity index (χ0v) is 10.0. The first-order chi connectivity index (χ1) is 7.92. The van der Waals surface area contributed by atoms with Gasteiger partial charge in [-0.15, -0.1) is 0 Å². The summed E-state index contributed by atoms with van der Waals surface area (Å²) >= 11 is 1.66. The van der Waals surface area contributed by atoms with E-state index in [1.54, 1.807) is 11.3 Å². The van der Waals surface area contributed by atoms with Crippen molar-refractivity contribution in [2.75, 3.05) is 0 Å². The summed E-state index contributed by atoms with van der Waals surface area (Å²) in [4.78, 5) is 4.50. The number of hydrogen-bond acceptors (Lipinski definition) is 3. The minimum absolute atomic E-state index is 0.398. The van der Waals surface area contributed by atoms with Gasteiger partial charge in [-0.05, 0) is 37.8 Å². The first kappa shape index (κ1) is 10.1. The van der Waals surface area contributed by atoms with Crippen LogP contribution in [0.1, 0.15) is 32.1 Å². The second-order valence-corrected chi connectivity index (χ2v) is 5.32. The molecule has 1 saturated carbocycles. The van der Waals surface area contributed by atoms with E-state index in [0.717, 1.165) is 10.7 Å². The van der Waals surface area contributed by atoms with Crippen molar-refractivity contribution in [2.24, 2.45) is 0 Å². The fourth-order valence-electron chi connectivity index (χ4n) is 2.23. The van der Waals surface area contributed by atoms with Crippen LogP contribution in [0.2, 0.25) is 0 Å². The molecular formula is C13H15NOS. The summed E-state index contributed by atoms with van der Waals surface area (Å²) in [5.74, 6) is 0. The highest BCUT2D eigenvalue weighted by atomic mass is 32.1. The van der Waals surface area contributed by atoms with E-state index in [1.807, 2.05) is 18.2 Å². The predicted molar refractivity (Wildman–Crippen MR) is 67.1 cm³/mol. The maximum Gasteiger partial charge on any atom is 0.274 e. The minimum atomic E-state index is 0.398. The summed E-state index contributed by atoms with van der Waals surface area (Å²) in [7, 11) is 0. The zero-order valence-electron chi connectivity index (χ0n) is 9.19. The van der Waals surface area contributed by atoms with Crippen molar-refractivity contribution in [2.45, 2.75) is 38.2 Å². The monoisotopic (exact) mass is 233 g/mol. The summed E-state index contributed by atoms with van der Waals surface area (Å²) < 4.78 is 7.16. The molecule has 84 valence electrons. The Hall–Kier alpha value is -1.09. The van der Waals surface area contributed by atoms with E-state index in [2.05, 4.69) is 11.1 Å². The molecule has 0 radical (unpaired) electrons. The van der Waals surface area contributed by atoms with E-state index >= 15 is 0 Å². The molecular weight excluding hydrogens is 218 g/mol. The molecule has 1 heterocycles. The van der Waals surface area contributed by atoms with Gasteiger partial charge in [-0.2, -0.15) is 0 Å². The molecule has 1 aliphatic rings. The maximum atomic E-state index is 5.95. The number of thiazole rings is 1. The Morgan fingerprint density at radius 3 is 2.75 bits per heavy atom. The Morgan fingerprint density at radius 2 is 1.94 bits per heavy atom. The van der Waals surface area contributed by atoms with Crippen LogP contribution in [-0.2, 0) is 0 Å². The molecule has 0 saturated heterocycles. The number of rotatable bonds is 2. The van der Waals surface area contributed by atoms with Crippen molar-refractivity contribution >= 4 is 21.6 Å². The molecule has 3 heteroatoms. The average molecular weight is 233 g/mol. The van der Waals surface area contributed by atoms with Gasteiger partial charge in [-0.3, -0.25) is 0 Å². The maximum absolute atomic E-state index is 5.95. The molecule has 0 bridgehead atoms. The van der Waals surface area contributed by atoms with Crippen molar-refractivity contribution in [3.05, 3.63) is 24.3 Å². The Bertz CT molecular complexity index is 440. The van der Waals surface area contributed by atoms with Gasteiger partial charge in [0.25, 0.3) is 5.19 Å². The Morgan fingerprint density at radius 1 is 1.12 bits per heavy atom. The van der Waals surface area contributed by atoms with Gasteiger partial charge >= 0.3 is 0 Å². The number of aromatic nitrogens is 1. The van der Waals surface area contributed by atoms with E-state index < -0.39 is 0 Å². The molecule has 1 fully saturated rings. The lowest BCUT2D eigenvalue weighted by Gasteiger charge is -2.21. The van der Waals surface area contributed by atoms with Gasteiger partial charge < -0.3 is 4.74 Å². The lowest BCUT2D eigenvalue weighted by Crippen LogP contribution is -2.19. The predicted octanol–water partition coefficient (Wildman–Crippen LogP) is 4.01. The third kappa shape index (κ3) is 2.05. The fourth-order valence-corrected chi connectivity index (χ4v) is 3.11. The van der Waals surface area contributed by atoms with Crippen LogP contribution in [0.4, 0.5) is 0 Å². The molecule has 0 N–H and O–H groups in total. The number of para-hydroxylation sites is 1. The molecule has 0 spiro atoms. The molecule has 2 nitrogen and oxygen atoms in total. The number of benzene rings is 1. The topological polar surface area (TPSA) is 22.1 Å². The second kappa shape index (κ2) is 4.42. The summed E-state index contributed by atoms with van der Waals surface area (Å²) in [6.07, 6.45) is 6.74. The third-order valence-electron chi connectivity index (χ3n) is 3.09. The third-order valence-corrected chi connectivity index (χ3v) is 4.02. The van der Waals surface area contributed by atoms with E-state index in [0.29, 0.717) is 6.10 Å². The first-order valence-electron chi connectivity index (χ1n) is 5.94. The van der Waals surface area contributed by atoms with Gasteiger partial charge in [-0.25, -0.2) is 4.98 Å². The van der Waals surface area contributed by atoms with Crippen LogP contribution in [0, 0.1) is 0 Å². The van der Waals surface area contributed by atoms with Crippen LogP contribution in [0.5, 0.6) is 5.19 Å². The quantitative estimate of drug-likeness (QED) is 0.782. The molecule has 0 atom stereocenters. The van der Waals surface area contributed by atoms with Crippen molar-refractivity contribution in [3.63, 3.8) is 0 Å². The molecule has 16 heavy (non-hydrogen) atoms. The molecule has 0 amide bonds. The number of hydrogen-bond donors (Lipinski definition) is 0. The van der Waals surface area contributed by atoms with Crippen LogP contribution < -0.4 is 4.74 Å². The molecule has 0 unspecified atom stereocenters. The Labute approximate surface area is 99.3 Å². The van der Waals surface area contributed by atoms with Crippen LogP contribution in [0.25, 0.3) is 10.2 Å². The highest BCUT2D eigenvalue weighted by molar-refractivity contribution is 7.20. The molecule has 1 aromatic heterocycles. The van der Waals surface area contributed by atoms with Crippen molar-refractivity contribution < 1.29 is 4.74 Å². The van der Waals surface area contributed by atoms with Crippen molar-refractivity contribution in [1.82, 2.24) is 4.98 Å². The highest BCUT2D eigenvalue weighted by Gasteiger charge is 2.16. The average Bonchev–Trinajstić information content (AvgIpc) is 2.72. The van der Waals surface area contributed by atoms with E-state index in [4.69, 9.17) is 4.74 Å². The van der Waals surface area contributed by atoms with E-state index in [-0.39, 0.29) is 0 Å². The lowest BCUT2D eigenvalue weighted by molar-refractivity contribution is 0.155. The highest BCUT2D eigenvalue weighted by Crippen LogP contribution is 2.30. The Balaban J connectivity index is 1.78. The van der Waals surface area contributed by atoms with Gasteiger partial charge in [0.15, 0.2) is 0 Å². The normalized spacial score (nSPS) is 17.8. The lowest BCUT2D eigenvalue weighted by atomic mass is 9.98. The van der Waals surface area contributed by atoms with E-state index in [9.17, 15) is 0 Å². The number of fused-ring (bicyclic) bond motifs is 1. The summed E-state index contributed by atoms with van der Waals surface area (Å²) in [6.45, 7) is 0. The van der Waals surface area contributed by atoms with Gasteiger partial charge in [0.1, 0.15) is 6.10 Å². The van der Waals surface area contributed by atoms with Crippen LogP contribution in [0.15, 0.2) is 24.3 Å². The summed E-state index contributed by atoms with van der Waals surface area (Å²) in [6, 6.07) is 8.21. The second-order valence-electron chi connectivity index (χ2n) is 4.33. The standard InChI is InChI=1S/C13H15NOS/c1-2-6-10(7-3-1)15-13-14-11-8-4-5-9-12(11)16-13/h4-5,8-10H,1-3,6-7H2. The zero-order chi connectivity index (χ0) is 10.8. The van der Waals surface area contributed by atoms with Crippen LogP contribution in [0.3, 0.4) is 0 Å². The fraction of sp³-hybridized carbons (Fsp3) is 0.462. The molecule has 2 aromatic rings. The van der Waals surface area contributed by atoms with Crippen molar-refractivity contribution in [1.29, 1.82) is 0 Å². The van der Waals surface area contributed by atoms with Gasteiger partial charge in [0.2, 0.25) is 0 Å². The van der Waals surface area contributed by atoms with Gasteiger partial charge in [0, 0.05) is 0 Å². The van der Waals surface area contributed by atoms with Gasteiger partial charge in [0.05, 0.1) is 10.2 Å². The summed E-state index contributed by atoms with van der Waals surface area (Å²) in [5.41, 5.74) is 1.05. The van der Waals surface area contributed by atoms with Crippen molar-refractivity contribution in [3.8, 4) is 5.19 Å². The molecule has 3 rings (SSSR count). The smallest absolute Gasteiger partial charge is 0.274 e. The molecule has 1 aromatic carbocycles. The minimum Gasteiger partial charge on any atom is -0.467 e. The SMILES string of the molecule is c1ccc2sc(OC3CCCCC3)nc2c1. The van der Waals surface area contributed by atoms with Crippen LogP contribution in [-0.4, -0.2) is 11.1 Å². The number of ether oxygens (including phenoxy) is 1. The summed E-state index contributed by atoms with van der Waals surface area (Å²) in [5, 5.41) is 0.841. The largest absolute Gasteiger partial charge is 0.467 e.